The molecule has 2 N–H and O–H groups in total. The van der Waals surface area contributed by atoms with E-state index in [0.29, 0.717) is 37.2 Å². The molecule has 2 aromatic rings. The minimum atomic E-state index is -0.961. The monoisotopic (exact) mass is 404 g/mol. The normalized spacial score (nSPS) is 19.6. The Labute approximate surface area is 169 Å². The molecule has 1 saturated heterocycles. The lowest BCUT2D eigenvalue weighted by Gasteiger charge is -2.36. The van der Waals surface area contributed by atoms with E-state index in [1.165, 1.54) is 11.2 Å². The predicted octanol–water partition coefficient (Wildman–Crippen LogP) is 2.14. The van der Waals surface area contributed by atoms with Gasteiger partial charge in [-0.25, -0.2) is 14.8 Å². The Balaban J connectivity index is 2.00. The van der Waals surface area contributed by atoms with E-state index in [4.69, 9.17) is 4.74 Å². The summed E-state index contributed by atoms with van der Waals surface area (Å²) in [6.07, 6.45) is 0.599. The molecule has 1 aliphatic heterocycles. The van der Waals surface area contributed by atoms with Gasteiger partial charge in [0.25, 0.3) is 5.91 Å². The molecule has 2 atom stereocenters. The lowest BCUT2D eigenvalue weighted by atomic mass is 9.84. The Morgan fingerprint density at radius 3 is 2.62 bits per heavy atom. The molecule has 3 rings (SSSR count). The molecule has 3 heterocycles. The van der Waals surface area contributed by atoms with Crippen LogP contribution in [0.15, 0.2) is 6.33 Å². The van der Waals surface area contributed by atoms with Crippen LogP contribution in [0.3, 0.4) is 0 Å². The zero-order valence-corrected chi connectivity index (χ0v) is 17.5. The molecular formula is C19H28N6O4. The average Bonchev–Trinajstić information content (AvgIpc) is 3.23. The van der Waals surface area contributed by atoms with Crippen LogP contribution >= 0.6 is 0 Å². The Kier molecular flexibility index (Phi) is 5.63. The molecule has 10 nitrogen and oxygen atoms in total. The molecule has 2 amide bonds. The van der Waals surface area contributed by atoms with Gasteiger partial charge in [0.05, 0.1) is 6.04 Å². The Morgan fingerprint density at radius 2 is 2.03 bits per heavy atom. The lowest BCUT2D eigenvalue weighted by Crippen LogP contribution is -2.48. The quantitative estimate of drug-likeness (QED) is 0.783. The van der Waals surface area contributed by atoms with Gasteiger partial charge in [0, 0.05) is 26.1 Å². The summed E-state index contributed by atoms with van der Waals surface area (Å²) in [5, 5.41) is 12.3. The van der Waals surface area contributed by atoms with Crippen molar-refractivity contribution in [2.24, 2.45) is 5.41 Å². The highest BCUT2D eigenvalue weighted by Gasteiger charge is 2.46. The summed E-state index contributed by atoms with van der Waals surface area (Å²) in [5.41, 5.74) is 0.594. The number of rotatable bonds is 5. The van der Waals surface area contributed by atoms with Gasteiger partial charge in [-0.2, -0.15) is 4.98 Å². The standard InChI is InChI=1S/C19H28N6O4/c1-6-20-16(26)15-23-12-14(24(15)7-2)21-10-22-17(12)29-11-8-9-25(18(27)28)13(11)19(3,4)5/h10-11,13H,6-9H2,1-5H3,(H,20,26)(H,27,28). The second-order valence-corrected chi connectivity index (χ2v) is 8.12. The third-order valence-electron chi connectivity index (χ3n) is 5.09. The highest BCUT2D eigenvalue weighted by Crippen LogP contribution is 2.36. The van der Waals surface area contributed by atoms with E-state index in [1.807, 2.05) is 34.6 Å². The van der Waals surface area contributed by atoms with Crippen LogP contribution < -0.4 is 10.1 Å². The van der Waals surface area contributed by atoms with E-state index in [2.05, 4.69) is 20.3 Å². The van der Waals surface area contributed by atoms with Gasteiger partial charge in [-0.1, -0.05) is 20.8 Å². The number of carboxylic acid groups (broad SMARTS) is 1. The molecule has 0 spiro atoms. The van der Waals surface area contributed by atoms with Crippen molar-refractivity contribution >= 4 is 23.2 Å². The summed E-state index contributed by atoms with van der Waals surface area (Å²) in [6.45, 7) is 11.1. The number of aromatic nitrogens is 4. The Bertz CT molecular complexity index is 919. The third kappa shape index (κ3) is 3.83. The van der Waals surface area contributed by atoms with Crippen LogP contribution in [0.2, 0.25) is 0 Å². The van der Waals surface area contributed by atoms with E-state index in [-0.39, 0.29) is 35.2 Å². The van der Waals surface area contributed by atoms with Crippen LogP contribution in [-0.2, 0) is 6.54 Å². The molecule has 0 aromatic carbocycles. The van der Waals surface area contributed by atoms with Crippen molar-refractivity contribution in [1.82, 2.24) is 29.7 Å². The van der Waals surface area contributed by atoms with Crippen molar-refractivity contribution in [2.75, 3.05) is 13.1 Å². The first kappa shape index (κ1) is 20.8. The molecule has 0 bridgehead atoms. The zero-order chi connectivity index (χ0) is 21.3. The van der Waals surface area contributed by atoms with Gasteiger partial charge in [0.1, 0.15) is 12.4 Å². The van der Waals surface area contributed by atoms with Crippen molar-refractivity contribution in [2.45, 2.75) is 59.7 Å². The number of ether oxygens (including phenoxy) is 1. The molecule has 1 fully saturated rings. The maximum Gasteiger partial charge on any atom is 0.407 e. The number of hydrogen-bond acceptors (Lipinski definition) is 6. The number of likely N-dealkylation sites (tertiary alicyclic amines) is 1. The smallest absolute Gasteiger partial charge is 0.407 e. The number of hydrogen-bond donors (Lipinski definition) is 2. The van der Waals surface area contributed by atoms with Crippen LogP contribution in [0.5, 0.6) is 5.88 Å². The minimum Gasteiger partial charge on any atom is -0.470 e. The summed E-state index contributed by atoms with van der Waals surface area (Å²) in [7, 11) is 0. The second kappa shape index (κ2) is 7.84. The summed E-state index contributed by atoms with van der Waals surface area (Å²) in [6, 6.07) is -0.332. The van der Waals surface area contributed by atoms with Crippen molar-refractivity contribution in [3.05, 3.63) is 12.2 Å². The maximum atomic E-state index is 12.4. The molecule has 29 heavy (non-hydrogen) atoms. The molecule has 0 saturated carbocycles. The van der Waals surface area contributed by atoms with E-state index in [9.17, 15) is 14.7 Å². The SMILES string of the molecule is CCNC(=O)c1nc2c(OC3CCN(C(=O)O)C3C(C)(C)C)ncnc2n1CC. The van der Waals surface area contributed by atoms with Gasteiger partial charge in [-0.15, -0.1) is 0 Å². The number of nitrogens with zero attached hydrogens (tertiary/aromatic N) is 5. The number of carbonyl (C=O) groups excluding carboxylic acids is 1. The molecule has 0 radical (unpaired) electrons. The zero-order valence-electron chi connectivity index (χ0n) is 17.5. The van der Waals surface area contributed by atoms with Gasteiger partial charge in [-0.3, -0.25) is 4.79 Å². The largest absolute Gasteiger partial charge is 0.470 e. The second-order valence-electron chi connectivity index (χ2n) is 8.12. The summed E-state index contributed by atoms with van der Waals surface area (Å²) in [5.74, 6) is 0.226. The summed E-state index contributed by atoms with van der Waals surface area (Å²) < 4.78 is 7.91. The fourth-order valence-electron chi connectivity index (χ4n) is 3.99. The average molecular weight is 404 g/mol. The van der Waals surface area contributed by atoms with Crippen molar-refractivity contribution < 1.29 is 19.4 Å². The topological polar surface area (TPSA) is 122 Å². The van der Waals surface area contributed by atoms with Gasteiger partial charge >= 0.3 is 6.09 Å². The van der Waals surface area contributed by atoms with Crippen LogP contribution in [0.1, 0.15) is 51.7 Å². The summed E-state index contributed by atoms with van der Waals surface area (Å²) in [4.78, 5) is 38.5. The number of nitrogens with one attached hydrogen (secondary N) is 1. The first-order valence-electron chi connectivity index (χ1n) is 9.84. The van der Waals surface area contributed by atoms with Crippen LogP contribution in [-0.4, -0.2) is 66.8 Å². The third-order valence-corrected chi connectivity index (χ3v) is 5.09. The van der Waals surface area contributed by atoms with Crippen molar-refractivity contribution in [3.8, 4) is 5.88 Å². The lowest BCUT2D eigenvalue weighted by molar-refractivity contribution is 0.0558. The number of imidazole rings is 1. The van der Waals surface area contributed by atoms with E-state index in [0.717, 1.165) is 0 Å². The van der Waals surface area contributed by atoms with Gasteiger partial charge in [0.2, 0.25) is 11.7 Å². The molecule has 2 aromatic heterocycles. The summed E-state index contributed by atoms with van der Waals surface area (Å²) >= 11 is 0. The minimum absolute atomic E-state index is 0.251. The van der Waals surface area contributed by atoms with Crippen LogP contribution in [0, 0.1) is 5.41 Å². The number of aryl methyl sites for hydroxylation is 1. The molecule has 2 unspecified atom stereocenters. The molecular weight excluding hydrogens is 376 g/mol. The predicted molar refractivity (Wildman–Crippen MR) is 106 cm³/mol. The molecule has 10 heteroatoms. The van der Waals surface area contributed by atoms with Crippen LogP contribution in [0.4, 0.5) is 4.79 Å². The first-order valence-corrected chi connectivity index (χ1v) is 9.84. The molecule has 1 aliphatic rings. The van der Waals surface area contributed by atoms with Gasteiger partial charge < -0.3 is 24.6 Å². The Hall–Kier alpha value is -2.91. The van der Waals surface area contributed by atoms with E-state index < -0.39 is 6.09 Å². The van der Waals surface area contributed by atoms with Gasteiger partial charge in [-0.05, 0) is 19.3 Å². The fourth-order valence-corrected chi connectivity index (χ4v) is 3.99. The molecule has 158 valence electrons. The van der Waals surface area contributed by atoms with E-state index in [1.54, 1.807) is 4.57 Å². The number of fused-ring (bicyclic) bond motifs is 1. The van der Waals surface area contributed by atoms with E-state index >= 15 is 0 Å². The van der Waals surface area contributed by atoms with Crippen molar-refractivity contribution in [3.63, 3.8) is 0 Å². The first-order chi connectivity index (χ1) is 13.7. The number of carbonyl (C=O) groups is 2. The highest BCUT2D eigenvalue weighted by molar-refractivity contribution is 5.94. The van der Waals surface area contributed by atoms with Crippen LogP contribution in [0.25, 0.3) is 11.2 Å². The fraction of sp³-hybridized carbons (Fsp3) is 0.632. The molecule has 0 aliphatic carbocycles. The van der Waals surface area contributed by atoms with Crippen molar-refractivity contribution in [1.29, 1.82) is 0 Å². The maximum absolute atomic E-state index is 12.4. The number of amides is 2. The Morgan fingerprint density at radius 1 is 1.31 bits per heavy atom. The van der Waals surface area contributed by atoms with Gasteiger partial charge in [0.15, 0.2) is 11.2 Å². The highest BCUT2D eigenvalue weighted by atomic mass is 16.5.